The van der Waals surface area contributed by atoms with E-state index in [4.69, 9.17) is 4.74 Å². The molecular weight excluding hydrogens is 386 g/mol. The van der Waals surface area contributed by atoms with Crippen molar-refractivity contribution >= 4 is 33.7 Å². The molecule has 0 spiro atoms. The molecule has 1 atom stereocenters. The standard InChI is InChI=1S/C18H20BrN3O3/c1-3-15(21-14-9-7-13(19)8-10-14)18(24)22-20-11-12-5-4-6-16(25-2)17(12)23/h4-11,15,21,23H,3H2,1-2H3,(H,22,24). The van der Waals surface area contributed by atoms with Crippen LogP contribution in [0, 0.1) is 0 Å². The number of hydrogen-bond donors (Lipinski definition) is 3. The number of benzene rings is 2. The number of aromatic hydroxyl groups is 1. The highest BCUT2D eigenvalue weighted by Crippen LogP contribution is 2.27. The minimum Gasteiger partial charge on any atom is -0.504 e. The van der Waals surface area contributed by atoms with E-state index in [2.05, 4.69) is 31.8 Å². The number of methoxy groups -OCH3 is 1. The minimum absolute atomic E-state index is 0.0250. The Morgan fingerprint density at radius 3 is 2.68 bits per heavy atom. The topological polar surface area (TPSA) is 83.0 Å². The number of carbonyl (C=O) groups is 1. The van der Waals surface area contributed by atoms with Gasteiger partial charge in [-0.3, -0.25) is 4.79 Å². The molecule has 7 heteroatoms. The first-order chi connectivity index (χ1) is 12.0. The van der Waals surface area contributed by atoms with Gasteiger partial charge in [0.2, 0.25) is 0 Å². The van der Waals surface area contributed by atoms with Gasteiger partial charge < -0.3 is 15.2 Å². The quantitative estimate of drug-likeness (QED) is 0.486. The van der Waals surface area contributed by atoms with Crippen molar-refractivity contribution in [1.82, 2.24) is 5.43 Å². The fourth-order valence-electron chi connectivity index (χ4n) is 2.15. The van der Waals surface area contributed by atoms with E-state index in [1.807, 2.05) is 31.2 Å². The molecule has 0 saturated carbocycles. The summed E-state index contributed by atoms with van der Waals surface area (Å²) in [6.07, 6.45) is 1.98. The molecule has 25 heavy (non-hydrogen) atoms. The summed E-state index contributed by atoms with van der Waals surface area (Å²) < 4.78 is 6.00. The van der Waals surface area contributed by atoms with Crippen LogP contribution in [0.2, 0.25) is 0 Å². The van der Waals surface area contributed by atoms with Crippen LogP contribution in [0.5, 0.6) is 11.5 Å². The smallest absolute Gasteiger partial charge is 0.262 e. The monoisotopic (exact) mass is 405 g/mol. The Labute approximate surface area is 155 Å². The van der Waals surface area contributed by atoms with E-state index < -0.39 is 6.04 Å². The van der Waals surface area contributed by atoms with Gasteiger partial charge in [0, 0.05) is 15.7 Å². The number of phenolic OH excluding ortho intramolecular Hbond substituents is 1. The summed E-state index contributed by atoms with van der Waals surface area (Å²) in [5, 5.41) is 17.1. The van der Waals surface area contributed by atoms with Crippen molar-refractivity contribution in [2.75, 3.05) is 12.4 Å². The summed E-state index contributed by atoms with van der Waals surface area (Å²) in [6.45, 7) is 1.91. The Balaban J connectivity index is 1.98. The van der Waals surface area contributed by atoms with Gasteiger partial charge in [-0.1, -0.05) is 28.9 Å². The summed E-state index contributed by atoms with van der Waals surface area (Å²) in [7, 11) is 1.47. The molecule has 0 aromatic heterocycles. The maximum Gasteiger partial charge on any atom is 0.262 e. The lowest BCUT2D eigenvalue weighted by Gasteiger charge is -2.16. The molecule has 0 radical (unpaired) electrons. The van der Waals surface area contributed by atoms with Crippen molar-refractivity contribution in [3.8, 4) is 11.5 Å². The number of carbonyl (C=O) groups excluding carboxylic acids is 1. The van der Waals surface area contributed by atoms with Crippen LogP contribution in [0.25, 0.3) is 0 Å². The van der Waals surface area contributed by atoms with E-state index in [-0.39, 0.29) is 11.7 Å². The van der Waals surface area contributed by atoms with Gasteiger partial charge in [0.05, 0.1) is 13.3 Å². The van der Waals surface area contributed by atoms with Gasteiger partial charge in [-0.2, -0.15) is 5.10 Å². The number of amides is 1. The van der Waals surface area contributed by atoms with E-state index in [1.165, 1.54) is 13.3 Å². The molecular formula is C18H20BrN3O3. The van der Waals surface area contributed by atoms with Crippen LogP contribution in [-0.2, 0) is 4.79 Å². The van der Waals surface area contributed by atoms with Crippen LogP contribution in [0.15, 0.2) is 52.0 Å². The molecule has 2 aromatic rings. The second kappa shape index (κ2) is 9.08. The number of hydrogen-bond acceptors (Lipinski definition) is 5. The number of para-hydroxylation sites is 1. The van der Waals surface area contributed by atoms with Gasteiger partial charge in [-0.15, -0.1) is 0 Å². The first-order valence-corrected chi connectivity index (χ1v) is 8.55. The lowest BCUT2D eigenvalue weighted by Crippen LogP contribution is -2.36. The highest BCUT2D eigenvalue weighted by atomic mass is 79.9. The number of phenols is 1. The molecule has 0 aliphatic rings. The first kappa shape index (κ1) is 18.8. The zero-order chi connectivity index (χ0) is 18.2. The highest BCUT2D eigenvalue weighted by molar-refractivity contribution is 9.10. The second-order valence-electron chi connectivity index (χ2n) is 5.24. The molecule has 1 unspecified atom stereocenters. The number of rotatable bonds is 7. The van der Waals surface area contributed by atoms with Gasteiger partial charge in [0.25, 0.3) is 5.91 Å². The molecule has 2 aromatic carbocycles. The molecule has 3 N–H and O–H groups in total. The highest BCUT2D eigenvalue weighted by Gasteiger charge is 2.15. The fraction of sp³-hybridized carbons (Fsp3) is 0.222. The third-order valence-electron chi connectivity index (χ3n) is 3.54. The van der Waals surface area contributed by atoms with Crippen molar-refractivity contribution < 1.29 is 14.6 Å². The van der Waals surface area contributed by atoms with E-state index in [0.29, 0.717) is 17.7 Å². The molecule has 0 aliphatic carbocycles. The third-order valence-corrected chi connectivity index (χ3v) is 4.07. The zero-order valence-corrected chi connectivity index (χ0v) is 15.6. The molecule has 6 nitrogen and oxygen atoms in total. The first-order valence-electron chi connectivity index (χ1n) is 7.76. The van der Waals surface area contributed by atoms with Gasteiger partial charge >= 0.3 is 0 Å². The van der Waals surface area contributed by atoms with E-state index in [9.17, 15) is 9.90 Å². The molecule has 0 heterocycles. The van der Waals surface area contributed by atoms with Crippen LogP contribution in [0.4, 0.5) is 5.69 Å². The molecule has 0 fully saturated rings. The largest absolute Gasteiger partial charge is 0.504 e. The summed E-state index contributed by atoms with van der Waals surface area (Å²) in [5.41, 5.74) is 3.78. The number of halogens is 1. The third kappa shape index (κ3) is 5.22. The fourth-order valence-corrected chi connectivity index (χ4v) is 2.42. The lowest BCUT2D eigenvalue weighted by molar-refractivity contribution is -0.121. The maximum atomic E-state index is 12.3. The summed E-state index contributed by atoms with van der Waals surface area (Å²) in [6, 6.07) is 12.2. The van der Waals surface area contributed by atoms with E-state index in [0.717, 1.165) is 10.2 Å². The Hall–Kier alpha value is -2.54. The minimum atomic E-state index is -0.419. The lowest BCUT2D eigenvalue weighted by atomic mass is 10.2. The SMILES string of the molecule is CCC(Nc1ccc(Br)cc1)C(=O)NN=Cc1cccc(OC)c1O. The summed E-state index contributed by atoms with van der Waals surface area (Å²) in [5.74, 6) is 0.0608. The Bertz CT molecular complexity index is 748. The van der Waals surface area contributed by atoms with E-state index in [1.54, 1.807) is 18.2 Å². The van der Waals surface area contributed by atoms with Crippen molar-refractivity contribution in [2.24, 2.45) is 5.10 Å². The second-order valence-corrected chi connectivity index (χ2v) is 6.16. The molecule has 0 bridgehead atoms. The predicted octanol–water partition coefficient (Wildman–Crippen LogP) is 3.50. The number of nitrogens with one attached hydrogen (secondary N) is 2. The number of nitrogens with zero attached hydrogens (tertiary/aromatic N) is 1. The normalized spacial score (nSPS) is 12.0. The molecule has 132 valence electrons. The van der Waals surface area contributed by atoms with Crippen molar-refractivity contribution in [2.45, 2.75) is 19.4 Å². The Morgan fingerprint density at radius 1 is 1.32 bits per heavy atom. The molecule has 0 aliphatic heterocycles. The average molecular weight is 406 g/mol. The number of hydrazone groups is 1. The summed E-state index contributed by atoms with van der Waals surface area (Å²) in [4.78, 5) is 12.3. The summed E-state index contributed by atoms with van der Waals surface area (Å²) >= 11 is 3.37. The van der Waals surface area contributed by atoms with E-state index >= 15 is 0 Å². The van der Waals surface area contributed by atoms with Gasteiger partial charge in [0.1, 0.15) is 6.04 Å². The average Bonchev–Trinajstić information content (AvgIpc) is 2.62. The van der Waals surface area contributed by atoms with Crippen molar-refractivity contribution in [3.63, 3.8) is 0 Å². The zero-order valence-electron chi connectivity index (χ0n) is 14.0. The van der Waals surface area contributed by atoms with Crippen LogP contribution in [0.3, 0.4) is 0 Å². The van der Waals surface area contributed by atoms with Crippen LogP contribution in [0.1, 0.15) is 18.9 Å². The van der Waals surface area contributed by atoms with Gasteiger partial charge in [-0.25, -0.2) is 5.43 Å². The van der Waals surface area contributed by atoms with Crippen molar-refractivity contribution in [3.05, 3.63) is 52.5 Å². The Morgan fingerprint density at radius 2 is 2.04 bits per heavy atom. The molecule has 1 amide bonds. The number of ether oxygens (including phenoxy) is 1. The molecule has 2 rings (SSSR count). The number of anilines is 1. The van der Waals surface area contributed by atoms with Crippen LogP contribution < -0.4 is 15.5 Å². The van der Waals surface area contributed by atoms with Crippen LogP contribution in [-0.4, -0.2) is 30.4 Å². The van der Waals surface area contributed by atoms with Gasteiger partial charge in [0.15, 0.2) is 11.5 Å². The van der Waals surface area contributed by atoms with Crippen LogP contribution >= 0.6 is 15.9 Å². The molecule has 0 saturated heterocycles. The Kier molecular flexibility index (Phi) is 6.82. The maximum absolute atomic E-state index is 12.3. The van der Waals surface area contributed by atoms with Crippen molar-refractivity contribution in [1.29, 1.82) is 0 Å². The predicted molar refractivity (Wildman–Crippen MR) is 102 cm³/mol. The van der Waals surface area contributed by atoms with Gasteiger partial charge in [-0.05, 0) is 42.8 Å².